The van der Waals surface area contributed by atoms with Crippen molar-refractivity contribution >= 4 is 17.7 Å². The number of carbonyl (C=O) groups excluding carboxylic acids is 1. The maximum atomic E-state index is 12.3. The Morgan fingerprint density at radius 3 is 2.75 bits per heavy atom. The Bertz CT molecular complexity index is 733. The third-order valence-corrected chi connectivity index (χ3v) is 4.99. The molecule has 124 valence electrons. The number of nitriles is 1. The van der Waals surface area contributed by atoms with E-state index in [1.807, 2.05) is 30.3 Å². The molecule has 3 rings (SSSR count). The monoisotopic (exact) mass is 342 g/mol. The van der Waals surface area contributed by atoms with Gasteiger partial charge in [-0.25, -0.2) is 0 Å². The zero-order chi connectivity index (χ0) is 16.8. The molecule has 0 radical (unpaired) electrons. The zero-order valence-electron chi connectivity index (χ0n) is 13.2. The van der Waals surface area contributed by atoms with Gasteiger partial charge in [-0.1, -0.05) is 49.2 Å². The Morgan fingerprint density at radius 2 is 2.04 bits per heavy atom. The summed E-state index contributed by atoms with van der Waals surface area (Å²) >= 11 is 1.26. The van der Waals surface area contributed by atoms with E-state index < -0.39 is 5.54 Å². The Labute approximate surface area is 144 Å². The highest BCUT2D eigenvalue weighted by molar-refractivity contribution is 7.99. The van der Waals surface area contributed by atoms with E-state index in [2.05, 4.69) is 26.9 Å². The number of nitrogens with zero attached hydrogens (tertiary/aromatic N) is 5. The molecule has 1 N–H and O–H groups in total. The minimum atomic E-state index is -0.707. The molecule has 0 unspecified atom stereocenters. The molecule has 1 heterocycles. The van der Waals surface area contributed by atoms with Gasteiger partial charge >= 0.3 is 0 Å². The Balaban J connectivity index is 1.61. The van der Waals surface area contributed by atoms with Crippen molar-refractivity contribution in [1.82, 2.24) is 25.5 Å². The molecule has 1 aliphatic carbocycles. The summed E-state index contributed by atoms with van der Waals surface area (Å²) in [6.07, 6.45) is 4.53. The maximum Gasteiger partial charge on any atom is 0.231 e. The molecule has 0 aliphatic heterocycles. The van der Waals surface area contributed by atoms with Gasteiger partial charge in [0.1, 0.15) is 5.54 Å². The molecule has 1 aromatic heterocycles. The number of hydrogen-bond donors (Lipinski definition) is 1. The van der Waals surface area contributed by atoms with E-state index >= 15 is 0 Å². The van der Waals surface area contributed by atoms with E-state index in [1.165, 1.54) is 11.8 Å². The van der Waals surface area contributed by atoms with Crippen molar-refractivity contribution in [3.05, 3.63) is 30.3 Å². The molecule has 24 heavy (non-hydrogen) atoms. The SMILES string of the molecule is N#CC1(NC(=O)CSc2nnnn2-c2ccccc2)CCCCC1. The van der Waals surface area contributed by atoms with Gasteiger partial charge in [-0.3, -0.25) is 4.79 Å². The molecule has 1 fully saturated rings. The summed E-state index contributed by atoms with van der Waals surface area (Å²) < 4.78 is 1.60. The van der Waals surface area contributed by atoms with Crippen LogP contribution in [0, 0.1) is 11.3 Å². The third-order valence-electron chi connectivity index (χ3n) is 4.07. The van der Waals surface area contributed by atoms with Crippen molar-refractivity contribution < 1.29 is 4.79 Å². The van der Waals surface area contributed by atoms with Crippen molar-refractivity contribution in [2.45, 2.75) is 42.8 Å². The van der Waals surface area contributed by atoms with Gasteiger partial charge in [-0.05, 0) is 35.4 Å². The average Bonchev–Trinajstić information content (AvgIpc) is 3.10. The summed E-state index contributed by atoms with van der Waals surface area (Å²) in [6, 6.07) is 11.8. The minimum absolute atomic E-state index is 0.161. The van der Waals surface area contributed by atoms with Crippen LogP contribution in [0.2, 0.25) is 0 Å². The fourth-order valence-electron chi connectivity index (χ4n) is 2.85. The van der Waals surface area contributed by atoms with Crippen LogP contribution in [0.4, 0.5) is 0 Å². The van der Waals surface area contributed by atoms with Gasteiger partial charge in [0, 0.05) is 0 Å². The maximum absolute atomic E-state index is 12.3. The molecule has 1 amide bonds. The molecule has 1 aliphatic rings. The van der Waals surface area contributed by atoms with E-state index in [0.29, 0.717) is 5.16 Å². The zero-order valence-corrected chi connectivity index (χ0v) is 14.0. The first-order valence-electron chi connectivity index (χ1n) is 7.91. The van der Waals surface area contributed by atoms with Crippen molar-refractivity contribution in [1.29, 1.82) is 5.26 Å². The van der Waals surface area contributed by atoms with Gasteiger partial charge in [0.25, 0.3) is 0 Å². The fraction of sp³-hybridized carbons (Fsp3) is 0.438. The molecule has 7 nitrogen and oxygen atoms in total. The number of para-hydroxylation sites is 1. The first-order valence-corrected chi connectivity index (χ1v) is 8.90. The second kappa shape index (κ2) is 7.45. The van der Waals surface area contributed by atoms with Crippen LogP contribution >= 0.6 is 11.8 Å². The summed E-state index contributed by atoms with van der Waals surface area (Å²) in [7, 11) is 0. The van der Waals surface area contributed by atoms with Crippen LogP contribution in [-0.4, -0.2) is 37.4 Å². The van der Waals surface area contributed by atoms with Crippen molar-refractivity contribution in [3.8, 4) is 11.8 Å². The lowest BCUT2D eigenvalue weighted by atomic mass is 9.83. The Kier molecular flexibility index (Phi) is 5.11. The first kappa shape index (κ1) is 16.5. The number of aromatic nitrogens is 4. The average molecular weight is 342 g/mol. The molecular formula is C16H18N6OS. The number of nitrogens with one attached hydrogen (secondary N) is 1. The highest BCUT2D eigenvalue weighted by Gasteiger charge is 2.33. The summed E-state index contributed by atoms with van der Waals surface area (Å²) in [5.74, 6) is 0.0162. The third kappa shape index (κ3) is 3.74. The quantitative estimate of drug-likeness (QED) is 0.836. The van der Waals surface area contributed by atoms with Gasteiger partial charge in [-0.2, -0.15) is 9.94 Å². The van der Waals surface area contributed by atoms with Gasteiger partial charge in [0.05, 0.1) is 17.5 Å². The number of tetrazole rings is 1. The summed E-state index contributed by atoms with van der Waals surface area (Å²) in [6.45, 7) is 0. The molecular weight excluding hydrogens is 324 g/mol. The predicted molar refractivity (Wildman–Crippen MR) is 89.4 cm³/mol. The lowest BCUT2D eigenvalue weighted by molar-refractivity contribution is -0.120. The molecule has 0 atom stereocenters. The van der Waals surface area contributed by atoms with Crippen LogP contribution in [0.3, 0.4) is 0 Å². The van der Waals surface area contributed by atoms with E-state index in [9.17, 15) is 10.1 Å². The van der Waals surface area contributed by atoms with Crippen LogP contribution in [0.1, 0.15) is 32.1 Å². The van der Waals surface area contributed by atoms with Crippen LogP contribution in [0.5, 0.6) is 0 Å². The smallest absolute Gasteiger partial charge is 0.231 e. The van der Waals surface area contributed by atoms with Crippen LogP contribution < -0.4 is 5.32 Å². The van der Waals surface area contributed by atoms with Crippen LogP contribution in [-0.2, 0) is 4.79 Å². The Morgan fingerprint density at radius 1 is 1.29 bits per heavy atom. The van der Waals surface area contributed by atoms with Gasteiger partial charge in [-0.15, -0.1) is 5.10 Å². The molecule has 1 aromatic carbocycles. The number of amides is 1. The number of carbonyl (C=O) groups is 1. The molecule has 8 heteroatoms. The van der Waals surface area contributed by atoms with Crippen LogP contribution in [0.25, 0.3) is 5.69 Å². The number of thioether (sulfide) groups is 1. The highest BCUT2D eigenvalue weighted by atomic mass is 32.2. The predicted octanol–water partition coefficient (Wildman–Crippen LogP) is 2.10. The normalized spacial score (nSPS) is 16.3. The second-order valence-corrected chi connectivity index (χ2v) is 6.74. The van der Waals surface area contributed by atoms with Crippen molar-refractivity contribution in [2.75, 3.05) is 5.75 Å². The summed E-state index contributed by atoms with van der Waals surface area (Å²) in [4.78, 5) is 12.3. The number of rotatable bonds is 5. The first-order chi connectivity index (χ1) is 11.7. The molecule has 0 saturated heterocycles. The van der Waals surface area contributed by atoms with E-state index in [1.54, 1.807) is 4.68 Å². The van der Waals surface area contributed by atoms with Gasteiger partial charge < -0.3 is 5.32 Å². The second-order valence-electron chi connectivity index (χ2n) is 5.80. The fourth-order valence-corrected chi connectivity index (χ4v) is 3.54. The molecule has 0 spiro atoms. The molecule has 2 aromatic rings. The molecule has 0 bridgehead atoms. The van der Waals surface area contributed by atoms with E-state index in [0.717, 1.165) is 37.8 Å². The summed E-state index contributed by atoms with van der Waals surface area (Å²) in [5, 5.41) is 24.5. The Hall–Kier alpha value is -2.40. The van der Waals surface area contributed by atoms with Crippen molar-refractivity contribution in [2.24, 2.45) is 0 Å². The van der Waals surface area contributed by atoms with E-state index in [-0.39, 0.29) is 11.7 Å². The standard InChI is InChI=1S/C16H18N6OS/c17-12-16(9-5-2-6-10-16)18-14(23)11-24-15-19-20-21-22(15)13-7-3-1-4-8-13/h1,3-4,7-8H,2,5-6,9-11H2,(H,18,23). The highest BCUT2D eigenvalue weighted by Crippen LogP contribution is 2.28. The van der Waals surface area contributed by atoms with Crippen LogP contribution in [0.15, 0.2) is 35.5 Å². The van der Waals surface area contributed by atoms with Gasteiger partial charge in [0.2, 0.25) is 11.1 Å². The largest absolute Gasteiger partial charge is 0.337 e. The van der Waals surface area contributed by atoms with Gasteiger partial charge in [0.15, 0.2) is 0 Å². The summed E-state index contributed by atoms with van der Waals surface area (Å²) in [5.41, 5.74) is 0.132. The topological polar surface area (TPSA) is 96.5 Å². The lowest BCUT2D eigenvalue weighted by Gasteiger charge is -2.31. The molecule has 1 saturated carbocycles. The minimum Gasteiger partial charge on any atom is -0.337 e. The van der Waals surface area contributed by atoms with E-state index in [4.69, 9.17) is 0 Å². The lowest BCUT2D eigenvalue weighted by Crippen LogP contribution is -2.49. The van der Waals surface area contributed by atoms with Crippen molar-refractivity contribution in [3.63, 3.8) is 0 Å². The number of hydrogen-bond acceptors (Lipinski definition) is 6. The number of benzene rings is 1.